The van der Waals surface area contributed by atoms with Crippen LogP contribution in [0.2, 0.25) is 0 Å². The molecular formula is C19H17BrN2O3S. The zero-order valence-corrected chi connectivity index (χ0v) is 16.9. The van der Waals surface area contributed by atoms with Gasteiger partial charge in [-0.3, -0.25) is 10.1 Å². The van der Waals surface area contributed by atoms with Crippen molar-refractivity contribution in [3.05, 3.63) is 57.4 Å². The van der Waals surface area contributed by atoms with Gasteiger partial charge in [0.05, 0.1) is 19.9 Å². The van der Waals surface area contributed by atoms with Gasteiger partial charge in [-0.25, -0.2) is 4.98 Å². The number of hydrogen-bond acceptors (Lipinski definition) is 5. The molecule has 5 nitrogen and oxygen atoms in total. The fourth-order valence-corrected chi connectivity index (χ4v) is 3.74. The Balaban J connectivity index is 1.84. The maximum absolute atomic E-state index is 12.6. The van der Waals surface area contributed by atoms with E-state index in [1.165, 1.54) is 25.6 Å². The van der Waals surface area contributed by atoms with Crippen LogP contribution in [-0.4, -0.2) is 25.1 Å². The van der Waals surface area contributed by atoms with E-state index in [9.17, 15) is 4.79 Å². The van der Waals surface area contributed by atoms with Crippen LogP contribution >= 0.6 is 27.3 Å². The topological polar surface area (TPSA) is 60.5 Å². The highest BCUT2D eigenvalue weighted by molar-refractivity contribution is 9.10. The number of hydrogen-bond donors (Lipinski definition) is 1. The lowest BCUT2D eigenvalue weighted by molar-refractivity contribution is 0.102. The van der Waals surface area contributed by atoms with Crippen LogP contribution in [-0.2, 0) is 0 Å². The minimum atomic E-state index is -0.278. The zero-order chi connectivity index (χ0) is 18.7. The molecular weight excluding hydrogens is 416 g/mol. The van der Waals surface area contributed by atoms with Gasteiger partial charge in [0.1, 0.15) is 16.0 Å². The summed E-state index contributed by atoms with van der Waals surface area (Å²) < 4.78 is 11.2. The van der Waals surface area contributed by atoms with Crippen LogP contribution in [0, 0.1) is 6.92 Å². The molecule has 0 saturated heterocycles. The molecule has 1 amide bonds. The van der Waals surface area contributed by atoms with Gasteiger partial charge in [0.15, 0.2) is 5.13 Å². The summed E-state index contributed by atoms with van der Waals surface area (Å²) in [6.45, 7) is 2.04. The summed E-state index contributed by atoms with van der Waals surface area (Å²) >= 11 is 4.78. The number of methoxy groups -OCH3 is 2. The zero-order valence-electron chi connectivity index (χ0n) is 14.5. The molecule has 3 rings (SSSR count). The Kier molecular flexibility index (Phi) is 5.58. The van der Waals surface area contributed by atoms with Crippen LogP contribution in [0.1, 0.15) is 15.9 Å². The fraction of sp³-hybridized carbons (Fsp3) is 0.158. The molecule has 0 fully saturated rings. The number of halogens is 1. The van der Waals surface area contributed by atoms with Crippen molar-refractivity contribution in [2.24, 2.45) is 0 Å². The fourth-order valence-electron chi connectivity index (χ4n) is 2.48. The molecule has 7 heteroatoms. The summed E-state index contributed by atoms with van der Waals surface area (Å²) in [4.78, 5) is 17.1. The first kappa shape index (κ1) is 18.4. The van der Waals surface area contributed by atoms with Crippen molar-refractivity contribution in [3.8, 4) is 22.8 Å². The second kappa shape index (κ2) is 7.88. The van der Waals surface area contributed by atoms with E-state index < -0.39 is 0 Å². The van der Waals surface area contributed by atoms with Crippen LogP contribution in [0.25, 0.3) is 11.3 Å². The molecule has 0 saturated carbocycles. The third-order valence-corrected chi connectivity index (χ3v) is 5.39. The lowest BCUT2D eigenvalue weighted by Gasteiger charge is -2.11. The second-order valence-corrected chi connectivity index (χ2v) is 7.15. The average molecular weight is 433 g/mol. The number of anilines is 1. The summed E-state index contributed by atoms with van der Waals surface area (Å²) in [5, 5.41) is 5.30. The van der Waals surface area contributed by atoms with Crippen molar-refractivity contribution in [3.63, 3.8) is 0 Å². The maximum atomic E-state index is 12.6. The summed E-state index contributed by atoms with van der Waals surface area (Å²) in [6, 6.07) is 11.3. The third kappa shape index (κ3) is 3.73. The van der Waals surface area contributed by atoms with E-state index in [1.807, 2.05) is 36.6 Å². The van der Waals surface area contributed by atoms with E-state index in [1.54, 1.807) is 12.1 Å². The number of rotatable bonds is 5. The number of nitrogens with zero attached hydrogens (tertiary/aromatic N) is 1. The summed E-state index contributed by atoms with van der Waals surface area (Å²) in [5.74, 6) is 0.767. The Bertz CT molecular complexity index is 930. The minimum Gasteiger partial charge on any atom is -0.495 e. The average Bonchev–Trinajstić information content (AvgIpc) is 3.10. The Morgan fingerprint density at radius 3 is 2.42 bits per heavy atom. The molecule has 0 bridgehead atoms. The molecule has 0 atom stereocenters. The van der Waals surface area contributed by atoms with Crippen molar-refractivity contribution in [1.82, 2.24) is 4.98 Å². The molecule has 1 heterocycles. The van der Waals surface area contributed by atoms with Gasteiger partial charge in [-0.2, -0.15) is 0 Å². The molecule has 3 aromatic rings. The van der Waals surface area contributed by atoms with Gasteiger partial charge in [-0.05, 0) is 40.5 Å². The van der Waals surface area contributed by atoms with Crippen LogP contribution in [0.3, 0.4) is 0 Å². The number of thiazole rings is 1. The van der Waals surface area contributed by atoms with Crippen molar-refractivity contribution >= 4 is 38.3 Å². The Labute approximate surface area is 164 Å². The van der Waals surface area contributed by atoms with Crippen LogP contribution in [0.15, 0.2) is 46.3 Å². The van der Waals surface area contributed by atoms with Gasteiger partial charge in [-0.1, -0.05) is 24.3 Å². The van der Waals surface area contributed by atoms with E-state index >= 15 is 0 Å². The predicted molar refractivity (Wildman–Crippen MR) is 107 cm³/mol. The number of benzene rings is 2. The minimum absolute atomic E-state index is 0.278. The molecule has 0 radical (unpaired) electrons. The smallest absolute Gasteiger partial charge is 0.257 e. The number of carbonyl (C=O) groups excluding carboxylic acids is 1. The summed E-state index contributed by atoms with van der Waals surface area (Å²) in [7, 11) is 3.08. The monoisotopic (exact) mass is 432 g/mol. The molecule has 0 aliphatic heterocycles. The molecule has 1 N–H and O–H groups in total. The highest BCUT2D eigenvalue weighted by atomic mass is 79.9. The van der Waals surface area contributed by atoms with E-state index in [0.717, 1.165) is 16.8 Å². The predicted octanol–water partition coefficient (Wildman–Crippen LogP) is 5.15. The standard InChI is InChI=1S/C19H17BrN2O3S/c1-11-6-4-5-7-13(11)14-10-26-19(21-14)22-18(23)12-8-15(24-2)17(20)16(9-12)25-3/h4-10H,1-3H3,(H,21,22,23). The first-order valence-electron chi connectivity index (χ1n) is 7.78. The molecule has 0 spiro atoms. The van der Waals surface area contributed by atoms with Gasteiger partial charge < -0.3 is 9.47 Å². The Morgan fingerprint density at radius 2 is 1.81 bits per heavy atom. The number of nitrogens with one attached hydrogen (secondary N) is 1. The first-order valence-corrected chi connectivity index (χ1v) is 9.45. The Hall–Kier alpha value is -2.38. The summed E-state index contributed by atoms with van der Waals surface area (Å²) in [5.41, 5.74) is 3.46. The normalized spacial score (nSPS) is 10.5. The van der Waals surface area contributed by atoms with Crippen molar-refractivity contribution in [1.29, 1.82) is 0 Å². The SMILES string of the molecule is COc1cc(C(=O)Nc2nc(-c3ccccc3C)cs2)cc(OC)c1Br. The van der Waals surface area contributed by atoms with Gasteiger partial charge >= 0.3 is 0 Å². The van der Waals surface area contributed by atoms with Crippen LogP contribution < -0.4 is 14.8 Å². The number of amides is 1. The highest BCUT2D eigenvalue weighted by Gasteiger charge is 2.16. The van der Waals surface area contributed by atoms with Gasteiger partial charge in [0.2, 0.25) is 0 Å². The summed E-state index contributed by atoms with van der Waals surface area (Å²) in [6.07, 6.45) is 0. The van der Waals surface area contributed by atoms with E-state index in [-0.39, 0.29) is 5.91 Å². The molecule has 0 aliphatic carbocycles. The van der Waals surface area contributed by atoms with Gasteiger partial charge in [0.25, 0.3) is 5.91 Å². The highest BCUT2D eigenvalue weighted by Crippen LogP contribution is 2.36. The second-order valence-electron chi connectivity index (χ2n) is 5.50. The molecule has 26 heavy (non-hydrogen) atoms. The Morgan fingerprint density at radius 1 is 1.15 bits per heavy atom. The maximum Gasteiger partial charge on any atom is 0.257 e. The number of carbonyl (C=O) groups is 1. The van der Waals surface area contributed by atoms with E-state index in [4.69, 9.17) is 9.47 Å². The first-order chi connectivity index (χ1) is 12.5. The van der Waals surface area contributed by atoms with Gasteiger partial charge in [0, 0.05) is 16.5 Å². The van der Waals surface area contributed by atoms with Gasteiger partial charge in [-0.15, -0.1) is 11.3 Å². The molecule has 1 aromatic heterocycles. The number of aryl methyl sites for hydroxylation is 1. The van der Waals surface area contributed by atoms with Crippen LogP contribution in [0.5, 0.6) is 11.5 Å². The third-order valence-electron chi connectivity index (χ3n) is 3.85. The quantitative estimate of drug-likeness (QED) is 0.605. The van der Waals surface area contributed by atoms with Crippen molar-refractivity contribution in [2.75, 3.05) is 19.5 Å². The van der Waals surface area contributed by atoms with Crippen LogP contribution in [0.4, 0.5) is 5.13 Å². The number of ether oxygens (including phenoxy) is 2. The van der Waals surface area contributed by atoms with Crippen molar-refractivity contribution < 1.29 is 14.3 Å². The largest absolute Gasteiger partial charge is 0.495 e. The molecule has 0 aliphatic rings. The number of aromatic nitrogens is 1. The lowest BCUT2D eigenvalue weighted by atomic mass is 10.1. The molecule has 2 aromatic carbocycles. The molecule has 0 unspecified atom stereocenters. The van der Waals surface area contributed by atoms with E-state index in [0.29, 0.717) is 26.7 Å². The van der Waals surface area contributed by atoms with Crippen molar-refractivity contribution in [2.45, 2.75) is 6.92 Å². The lowest BCUT2D eigenvalue weighted by Crippen LogP contribution is -2.12. The van der Waals surface area contributed by atoms with E-state index in [2.05, 4.69) is 26.2 Å². The molecule has 134 valence electrons.